The van der Waals surface area contributed by atoms with E-state index in [2.05, 4.69) is 0 Å². The van der Waals surface area contributed by atoms with E-state index in [0.717, 1.165) is 12.1 Å². The Hall–Kier alpha value is -2.48. The van der Waals surface area contributed by atoms with Crippen molar-refractivity contribution < 1.29 is 27.6 Å². The largest absolute Gasteiger partial charge is 0.487 e. The molecule has 5 nitrogen and oxygen atoms in total. The van der Waals surface area contributed by atoms with Gasteiger partial charge in [0.15, 0.2) is 0 Å². The van der Waals surface area contributed by atoms with Crippen LogP contribution in [0.1, 0.15) is 12.5 Å². The lowest BCUT2D eigenvalue weighted by Gasteiger charge is -2.12. The predicted molar refractivity (Wildman–Crippen MR) is 80.8 cm³/mol. The minimum absolute atomic E-state index is 0.0111. The molecule has 0 aliphatic heterocycles. The Morgan fingerprint density at radius 2 is 1.83 bits per heavy atom. The van der Waals surface area contributed by atoms with Crippen LogP contribution in [0.3, 0.4) is 0 Å². The summed E-state index contributed by atoms with van der Waals surface area (Å²) in [5.74, 6) is -0.336. The molecule has 0 saturated heterocycles. The first-order valence-corrected chi connectivity index (χ1v) is 7.06. The molecule has 24 heavy (non-hydrogen) atoms. The van der Waals surface area contributed by atoms with Crippen molar-refractivity contribution in [1.82, 2.24) is 0 Å². The molecule has 0 spiro atoms. The van der Waals surface area contributed by atoms with Crippen molar-refractivity contribution >= 4 is 17.3 Å². The van der Waals surface area contributed by atoms with Crippen molar-refractivity contribution in [3.05, 3.63) is 57.1 Å². The van der Waals surface area contributed by atoms with Crippen LogP contribution in [-0.4, -0.2) is 11.5 Å². The molecule has 9 heteroatoms. The normalized spacial score (nSPS) is 11.2. The SMILES string of the molecule is CCOc1cccc(Oc2ccc(C(F)(F)F)cc2Cl)c1[N+](=O)[O-]. The average molecular weight is 362 g/mol. The summed E-state index contributed by atoms with van der Waals surface area (Å²) in [4.78, 5) is 10.5. The molecule has 0 radical (unpaired) electrons. The van der Waals surface area contributed by atoms with Gasteiger partial charge in [-0.25, -0.2) is 0 Å². The van der Waals surface area contributed by atoms with Crippen molar-refractivity contribution in [2.45, 2.75) is 13.1 Å². The summed E-state index contributed by atoms with van der Waals surface area (Å²) in [6, 6.07) is 6.62. The Bertz CT molecular complexity index is 765. The number of para-hydroxylation sites is 1. The van der Waals surface area contributed by atoms with E-state index in [1.54, 1.807) is 6.92 Å². The fourth-order valence-corrected chi connectivity index (χ4v) is 2.13. The van der Waals surface area contributed by atoms with Crippen LogP contribution < -0.4 is 9.47 Å². The van der Waals surface area contributed by atoms with Crippen molar-refractivity contribution in [3.63, 3.8) is 0 Å². The van der Waals surface area contributed by atoms with E-state index < -0.39 is 22.4 Å². The van der Waals surface area contributed by atoms with E-state index in [0.29, 0.717) is 6.07 Å². The smallest absolute Gasteiger partial charge is 0.416 e. The van der Waals surface area contributed by atoms with Crippen LogP contribution in [0.25, 0.3) is 0 Å². The van der Waals surface area contributed by atoms with Gasteiger partial charge in [-0.1, -0.05) is 17.7 Å². The van der Waals surface area contributed by atoms with Gasteiger partial charge in [0.05, 0.1) is 22.1 Å². The van der Waals surface area contributed by atoms with Crippen LogP contribution in [0.15, 0.2) is 36.4 Å². The molecule has 0 unspecified atom stereocenters. The fraction of sp³-hybridized carbons (Fsp3) is 0.200. The second kappa shape index (κ2) is 6.96. The summed E-state index contributed by atoms with van der Waals surface area (Å²) in [6.07, 6.45) is -4.55. The van der Waals surface area contributed by atoms with Crippen LogP contribution >= 0.6 is 11.6 Å². The molecule has 0 amide bonds. The summed E-state index contributed by atoms with van der Waals surface area (Å²) >= 11 is 5.79. The standard InChI is InChI=1S/C15H11ClF3NO4/c1-2-23-12-4-3-5-13(14(12)20(21)22)24-11-7-6-9(8-10(11)16)15(17,18)19/h3-8H,2H2,1H3. The second-order valence-electron chi connectivity index (χ2n) is 4.54. The predicted octanol–water partition coefficient (Wildman–Crippen LogP) is 5.46. The Labute approximate surface area is 139 Å². The van der Waals surface area contributed by atoms with Gasteiger partial charge in [-0.2, -0.15) is 13.2 Å². The molecule has 0 aliphatic rings. The van der Waals surface area contributed by atoms with Gasteiger partial charge in [-0.05, 0) is 37.3 Å². The maximum atomic E-state index is 12.6. The summed E-state index contributed by atoms with van der Waals surface area (Å²) in [7, 11) is 0. The molecule has 0 saturated carbocycles. The number of benzene rings is 2. The molecule has 0 aromatic heterocycles. The Morgan fingerprint density at radius 3 is 2.38 bits per heavy atom. The lowest BCUT2D eigenvalue weighted by molar-refractivity contribution is -0.386. The zero-order chi connectivity index (χ0) is 17.9. The molecule has 0 aliphatic carbocycles. The lowest BCUT2D eigenvalue weighted by Crippen LogP contribution is -2.04. The highest BCUT2D eigenvalue weighted by Crippen LogP contribution is 2.42. The molecule has 0 bridgehead atoms. The Morgan fingerprint density at radius 1 is 1.17 bits per heavy atom. The monoisotopic (exact) mass is 361 g/mol. The van der Waals surface area contributed by atoms with E-state index in [9.17, 15) is 23.3 Å². The van der Waals surface area contributed by atoms with Gasteiger partial charge >= 0.3 is 11.9 Å². The summed E-state index contributed by atoms with van der Waals surface area (Å²) < 4.78 is 48.4. The number of hydrogen-bond donors (Lipinski definition) is 0. The highest BCUT2D eigenvalue weighted by Gasteiger charge is 2.31. The number of rotatable bonds is 5. The number of ether oxygens (including phenoxy) is 2. The van der Waals surface area contributed by atoms with E-state index in [1.807, 2.05) is 0 Å². The summed E-state index contributed by atoms with van der Waals surface area (Å²) in [6.45, 7) is 1.86. The van der Waals surface area contributed by atoms with Gasteiger partial charge in [-0.3, -0.25) is 10.1 Å². The maximum Gasteiger partial charge on any atom is 0.416 e. The third-order valence-corrected chi connectivity index (χ3v) is 3.22. The quantitative estimate of drug-likeness (QED) is 0.524. The van der Waals surface area contributed by atoms with Crippen LogP contribution in [0, 0.1) is 10.1 Å². The zero-order valence-corrected chi connectivity index (χ0v) is 13.0. The summed E-state index contributed by atoms with van der Waals surface area (Å²) in [5, 5.41) is 10.9. The first kappa shape index (κ1) is 17.9. The lowest BCUT2D eigenvalue weighted by atomic mass is 10.2. The zero-order valence-electron chi connectivity index (χ0n) is 12.3. The van der Waals surface area contributed by atoms with E-state index >= 15 is 0 Å². The molecule has 2 aromatic carbocycles. The maximum absolute atomic E-state index is 12.6. The number of hydrogen-bond acceptors (Lipinski definition) is 4. The third kappa shape index (κ3) is 3.88. The minimum atomic E-state index is -4.55. The van der Waals surface area contributed by atoms with Crippen LogP contribution in [0.2, 0.25) is 5.02 Å². The van der Waals surface area contributed by atoms with Crippen molar-refractivity contribution in [1.29, 1.82) is 0 Å². The number of nitro groups is 1. The molecular formula is C15H11ClF3NO4. The van der Waals surface area contributed by atoms with Crippen LogP contribution in [-0.2, 0) is 6.18 Å². The molecule has 128 valence electrons. The van der Waals surface area contributed by atoms with E-state index in [1.165, 1.54) is 18.2 Å². The minimum Gasteiger partial charge on any atom is -0.487 e. The number of nitro benzene ring substituents is 1. The van der Waals surface area contributed by atoms with Gasteiger partial charge in [-0.15, -0.1) is 0 Å². The first-order valence-electron chi connectivity index (χ1n) is 6.68. The highest BCUT2D eigenvalue weighted by molar-refractivity contribution is 6.32. The van der Waals surface area contributed by atoms with Crippen LogP contribution in [0.5, 0.6) is 17.2 Å². The van der Waals surface area contributed by atoms with Gasteiger partial charge in [0.2, 0.25) is 11.5 Å². The average Bonchev–Trinajstić information content (AvgIpc) is 2.48. The van der Waals surface area contributed by atoms with Gasteiger partial charge in [0.25, 0.3) is 0 Å². The number of halogens is 4. The van der Waals surface area contributed by atoms with Crippen LogP contribution in [0.4, 0.5) is 18.9 Å². The van der Waals surface area contributed by atoms with Gasteiger partial charge < -0.3 is 9.47 Å². The third-order valence-electron chi connectivity index (χ3n) is 2.92. The fourth-order valence-electron chi connectivity index (χ4n) is 1.91. The van der Waals surface area contributed by atoms with E-state index in [-0.39, 0.29) is 28.9 Å². The number of alkyl halides is 3. The van der Waals surface area contributed by atoms with E-state index in [4.69, 9.17) is 21.1 Å². The van der Waals surface area contributed by atoms with Crippen molar-refractivity contribution in [2.24, 2.45) is 0 Å². The van der Waals surface area contributed by atoms with Crippen molar-refractivity contribution in [2.75, 3.05) is 6.61 Å². The first-order chi connectivity index (χ1) is 11.2. The number of nitrogens with zero attached hydrogens (tertiary/aromatic N) is 1. The molecule has 0 heterocycles. The Balaban J connectivity index is 2.41. The molecule has 2 aromatic rings. The Kier molecular flexibility index (Phi) is 5.18. The second-order valence-corrected chi connectivity index (χ2v) is 4.95. The molecular weight excluding hydrogens is 351 g/mol. The van der Waals surface area contributed by atoms with Gasteiger partial charge in [0.1, 0.15) is 5.75 Å². The topological polar surface area (TPSA) is 61.6 Å². The molecule has 2 rings (SSSR count). The molecule has 0 fully saturated rings. The summed E-state index contributed by atoms with van der Waals surface area (Å²) in [5.41, 5.74) is -1.38. The molecule has 0 N–H and O–H groups in total. The molecule has 0 atom stereocenters. The van der Waals surface area contributed by atoms with Crippen molar-refractivity contribution in [3.8, 4) is 17.2 Å². The van der Waals surface area contributed by atoms with Gasteiger partial charge in [0, 0.05) is 0 Å². The highest BCUT2D eigenvalue weighted by atomic mass is 35.5.